The number of nitrogen functional groups attached to an aromatic ring is 1. The lowest BCUT2D eigenvalue weighted by molar-refractivity contribution is 0.0998. The molecule has 14 heavy (non-hydrogen) atoms. The summed E-state index contributed by atoms with van der Waals surface area (Å²) in [6.07, 6.45) is -2.77. The maximum Gasteiger partial charge on any atom is 0.280 e. The highest BCUT2D eigenvalue weighted by atomic mass is 19.3. The zero-order valence-corrected chi connectivity index (χ0v) is 7.42. The summed E-state index contributed by atoms with van der Waals surface area (Å²) in [5.41, 5.74) is 9.79. The topological polar surface area (TPSA) is 82.0 Å². The van der Waals surface area contributed by atoms with E-state index in [4.69, 9.17) is 11.5 Å². The lowest BCUT2D eigenvalue weighted by Gasteiger charge is -2.08. The first kappa shape index (κ1) is 10.4. The summed E-state index contributed by atoms with van der Waals surface area (Å²) in [5, 5.41) is 0. The van der Waals surface area contributed by atoms with Crippen LogP contribution in [0.15, 0.2) is 6.07 Å². The van der Waals surface area contributed by atoms with Crippen LogP contribution in [0.25, 0.3) is 0 Å². The SMILES string of the molecule is Cc1c(C(N)=O)cc(N)nc1C(F)F. The smallest absolute Gasteiger partial charge is 0.280 e. The van der Waals surface area contributed by atoms with Crippen LogP contribution in [0.4, 0.5) is 14.6 Å². The molecule has 1 rings (SSSR count). The Balaban J connectivity index is 3.40. The Morgan fingerprint density at radius 3 is 2.57 bits per heavy atom. The fourth-order valence-electron chi connectivity index (χ4n) is 1.12. The molecule has 0 aromatic carbocycles. The van der Waals surface area contributed by atoms with E-state index >= 15 is 0 Å². The van der Waals surface area contributed by atoms with Crippen LogP contribution in [0.3, 0.4) is 0 Å². The zero-order valence-electron chi connectivity index (χ0n) is 7.42. The molecule has 0 aliphatic rings. The second-order valence-electron chi connectivity index (χ2n) is 2.77. The molecule has 4 N–H and O–H groups in total. The van der Waals surface area contributed by atoms with Gasteiger partial charge in [0.1, 0.15) is 11.5 Å². The molecule has 0 saturated carbocycles. The molecule has 0 fully saturated rings. The van der Waals surface area contributed by atoms with Gasteiger partial charge in [-0.2, -0.15) is 0 Å². The third-order valence-corrected chi connectivity index (χ3v) is 1.80. The van der Waals surface area contributed by atoms with Gasteiger partial charge in [0.15, 0.2) is 0 Å². The summed E-state index contributed by atoms with van der Waals surface area (Å²) in [4.78, 5) is 14.3. The standard InChI is InChI=1S/C8H9F2N3O/c1-3-4(8(12)14)2-5(11)13-6(3)7(9)10/h2,7H,1H3,(H2,11,13)(H2,12,14). The molecule has 76 valence electrons. The predicted molar refractivity (Wildman–Crippen MR) is 46.9 cm³/mol. The second-order valence-corrected chi connectivity index (χ2v) is 2.77. The van der Waals surface area contributed by atoms with Gasteiger partial charge in [0.05, 0.1) is 0 Å². The Labute approximate surface area is 78.9 Å². The van der Waals surface area contributed by atoms with Crippen LogP contribution in [-0.4, -0.2) is 10.9 Å². The number of carbonyl (C=O) groups excluding carboxylic acids is 1. The van der Waals surface area contributed by atoms with Crippen molar-refractivity contribution in [3.8, 4) is 0 Å². The van der Waals surface area contributed by atoms with Gasteiger partial charge >= 0.3 is 0 Å². The van der Waals surface area contributed by atoms with Crippen LogP contribution >= 0.6 is 0 Å². The molecule has 0 saturated heterocycles. The molecule has 1 aromatic rings. The highest BCUT2D eigenvalue weighted by molar-refractivity contribution is 5.95. The highest BCUT2D eigenvalue weighted by Crippen LogP contribution is 2.24. The number of amides is 1. The fraction of sp³-hybridized carbons (Fsp3) is 0.250. The van der Waals surface area contributed by atoms with E-state index in [1.54, 1.807) is 0 Å². The van der Waals surface area contributed by atoms with Crippen LogP contribution < -0.4 is 11.5 Å². The van der Waals surface area contributed by atoms with Crippen LogP contribution in [0.1, 0.15) is 28.0 Å². The lowest BCUT2D eigenvalue weighted by atomic mass is 10.1. The number of anilines is 1. The molecule has 0 spiro atoms. The van der Waals surface area contributed by atoms with Crippen LogP contribution in [-0.2, 0) is 0 Å². The first-order valence-corrected chi connectivity index (χ1v) is 3.78. The molecule has 1 amide bonds. The van der Waals surface area contributed by atoms with Gasteiger partial charge in [-0.3, -0.25) is 4.79 Å². The monoisotopic (exact) mass is 201 g/mol. The van der Waals surface area contributed by atoms with Crippen molar-refractivity contribution >= 4 is 11.7 Å². The molecule has 6 heteroatoms. The molecular formula is C8H9F2N3O. The Bertz CT molecular complexity index is 379. The van der Waals surface area contributed by atoms with Gasteiger partial charge in [-0.25, -0.2) is 13.8 Å². The third kappa shape index (κ3) is 1.78. The van der Waals surface area contributed by atoms with Crippen molar-refractivity contribution in [3.63, 3.8) is 0 Å². The van der Waals surface area contributed by atoms with Crippen molar-refractivity contribution in [3.05, 3.63) is 22.9 Å². The molecule has 0 radical (unpaired) electrons. The maximum absolute atomic E-state index is 12.4. The molecule has 4 nitrogen and oxygen atoms in total. The summed E-state index contributed by atoms with van der Waals surface area (Å²) >= 11 is 0. The van der Waals surface area contributed by atoms with Gasteiger partial charge in [0, 0.05) is 5.56 Å². The normalized spacial score (nSPS) is 10.6. The molecule has 1 heterocycles. The van der Waals surface area contributed by atoms with Crippen molar-refractivity contribution in [2.24, 2.45) is 5.73 Å². The summed E-state index contributed by atoms with van der Waals surface area (Å²) in [5.74, 6) is -0.932. The molecule has 0 atom stereocenters. The summed E-state index contributed by atoms with van der Waals surface area (Å²) in [6.45, 7) is 1.36. The number of hydrogen-bond acceptors (Lipinski definition) is 3. The van der Waals surface area contributed by atoms with E-state index in [9.17, 15) is 13.6 Å². The van der Waals surface area contributed by atoms with Gasteiger partial charge in [0.25, 0.3) is 6.43 Å². The molecule has 0 aliphatic heterocycles. The van der Waals surface area contributed by atoms with Crippen LogP contribution in [0.2, 0.25) is 0 Å². The number of nitrogens with two attached hydrogens (primary N) is 2. The van der Waals surface area contributed by atoms with Crippen LogP contribution in [0.5, 0.6) is 0 Å². The first-order valence-electron chi connectivity index (χ1n) is 3.78. The molecule has 0 unspecified atom stereocenters. The van der Waals surface area contributed by atoms with Crippen molar-refractivity contribution in [2.45, 2.75) is 13.3 Å². The quantitative estimate of drug-likeness (QED) is 0.749. The summed E-state index contributed by atoms with van der Waals surface area (Å²) < 4.78 is 24.8. The van der Waals surface area contributed by atoms with Gasteiger partial charge in [-0.05, 0) is 18.6 Å². The number of rotatable bonds is 2. The minimum atomic E-state index is -2.77. The van der Waals surface area contributed by atoms with E-state index in [2.05, 4.69) is 4.98 Å². The van der Waals surface area contributed by atoms with Gasteiger partial charge in [0.2, 0.25) is 5.91 Å². The Hall–Kier alpha value is -1.72. The van der Waals surface area contributed by atoms with Crippen molar-refractivity contribution < 1.29 is 13.6 Å². The van der Waals surface area contributed by atoms with Crippen molar-refractivity contribution in [1.29, 1.82) is 0 Å². The van der Waals surface area contributed by atoms with Crippen molar-refractivity contribution in [2.75, 3.05) is 5.73 Å². The van der Waals surface area contributed by atoms with Crippen LogP contribution in [0, 0.1) is 6.92 Å². The van der Waals surface area contributed by atoms with E-state index in [1.807, 2.05) is 0 Å². The first-order chi connectivity index (χ1) is 6.43. The van der Waals surface area contributed by atoms with Gasteiger partial charge in [-0.15, -0.1) is 0 Å². The van der Waals surface area contributed by atoms with E-state index in [0.29, 0.717) is 0 Å². The van der Waals surface area contributed by atoms with Gasteiger partial charge in [-0.1, -0.05) is 0 Å². The molecule has 0 aliphatic carbocycles. The largest absolute Gasteiger partial charge is 0.384 e. The summed E-state index contributed by atoms with van der Waals surface area (Å²) in [6, 6.07) is 1.18. The molecular weight excluding hydrogens is 192 g/mol. The number of primary amides is 1. The number of nitrogens with zero attached hydrogens (tertiary/aromatic N) is 1. The van der Waals surface area contributed by atoms with E-state index in [1.165, 1.54) is 13.0 Å². The highest BCUT2D eigenvalue weighted by Gasteiger charge is 2.18. The zero-order chi connectivity index (χ0) is 10.9. The lowest BCUT2D eigenvalue weighted by Crippen LogP contribution is -2.15. The number of hydrogen-bond donors (Lipinski definition) is 2. The Morgan fingerprint density at radius 1 is 1.57 bits per heavy atom. The second kappa shape index (κ2) is 3.57. The van der Waals surface area contributed by atoms with E-state index in [0.717, 1.165) is 0 Å². The predicted octanol–water partition coefficient (Wildman–Crippen LogP) is 1.01. The average Bonchev–Trinajstić information content (AvgIpc) is 2.07. The Kier molecular flexibility index (Phi) is 2.64. The van der Waals surface area contributed by atoms with Gasteiger partial charge < -0.3 is 11.5 Å². The molecule has 0 bridgehead atoms. The number of aromatic nitrogens is 1. The maximum atomic E-state index is 12.4. The fourth-order valence-corrected chi connectivity index (χ4v) is 1.12. The number of carbonyl (C=O) groups is 1. The Morgan fingerprint density at radius 2 is 2.14 bits per heavy atom. The third-order valence-electron chi connectivity index (χ3n) is 1.80. The number of halogens is 2. The number of pyridine rings is 1. The van der Waals surface area contributed by atoms with E-state index in [-0.39, 0.29) is 16.9 Å². The van der Waals surface area contributed by atoms with E-state index < -0.39 is 18.0 Å². The van der Waals surface area contributed by atoms with Crippen molar-refractivity contribution in [1.82, 2.24) is 4.98 Å². The molecule has 1 aromatic heterocycles. The average molecular weight is 201 g/mol. The summed E-state index contributed by atoms with van der Waals surface area (Å²) in [7, 11) is 0. The number of alkyl halides is 2. The minimum Gasteiger partial charge on any atom is -0.384 e. The minimum absolute atomic E-state index is 0.0206.